The number of nitrogens with zero attached hydrogens (tertiary/aromatic N) is 2. The first-order valence-corrected chi connectivity index (χ1v) is 10.7. The Bertz CT molecular complexity index is 950. The van der Waals surface area contributed by atoms with E-state index in [4.69, 9.17) is 9.47 Å². The van der Waals surface area contributed by atoms with Crippen molar-refractivity contribution in [1.29, 1.82) is 0 Å². The number of thiophene rings is 1. The average Bonchev–Trinajstić information content (AvgIpc) is 3.40. The Morgan fingerprint density at radius 2 is 2.00 bits per heavy atom. The van der Waals surface area contributed by atoms with E-state index in [1.54, 1.807) is 29.2 Å². The molecular weight excluding hydrogens is 404 g/mol. The Balaban J connectivity index is 1.69. The smallest absolute Gasteiger partial charge is 0.295 e. The minimum atomic E-state index is -0.657. The summed E-state index contributed by atoms with van der Waals surface area (Å²) in [5.74, 6) is -0.852. The molecule has 0 bridgehead atoms. The second kappa shape index (κ2) is 8.99. The van der Waals surface area contributed by atoms with Crippen LogP contribution >= 0.6 is 11.3 Å². The van der Waals surface area contributed by atoms with Gasteiger partial charge in [-0.15, -0.1) is 11.3 Å². The third-order valence-electron chi connectivity index (χ3n) is 5.46. The van der Waals surface area contributed by atoms with Crippen LogP contribution in [0.1, 0.15) is 16.5 Å². The second-order valence-corrected chi connectivity index (χ2v) is 8.17. The number of rotatable bonds is 6. The highest BCUT2D eigenvalue weighted by Gasteiger charge is 2.46. The molecule has 4 rings (SSSR count). The lowest BCUT2D eigenvalue weighted by atomic mass is 9.99. The van der Waals surface area contributed by atoms with E-state index in [0.717, 1.165) is 18.0 Å². The lowest BCUT2D eigenvalue weighted by Gasteiger charge is -2.30. The number of morpholine rings is 1. The van der Waals surface area contributed by atoms with Gasteiger partial charge in [-0.3, -0.25) is 14.5 Å². The maximum Gasteiger partial charge on any atom is 0.295 e. The van der Waals surface area contributed by atoms with Crippen molar-refractivity contribution in [3.8, 4) is 5.75 Å². The number of Topliss-reactive ketones (excluding diaryl/α,β-unsaturated/α-hetero) is 1. The van der Waals surface area contributed by atoms with Crippen molar-refractivity contribution in [1.82, 2.24) is 9.80 Å². The van der Waals surface area contributed by atoms with E-state index in [-0.39, 0.29) is 11.3 Å². The Labute approximate surface area is 179 Å². The van der Waals surface area contributed by atoms with E-state index >= 15 is 0 Å². The molecule has 0 saturated carbocycles. The normalized spacial score (nSPS) is 21.9. The summed E-state index contributed by atoms with van der Waals surface area (Å²) in [7, 11) is 1.54. The minimum Gasteiger partial charge on any atom is -0.507 e. The average molecular weight is 429 g/mol. The first-order valence-electron chi connectivity index (χ1n) is 9.86. The molecule has 158 valence electrons. The molecule has 0 unspecified atom stereocenters. The lowest BCUT2D eigenvalue weighted by Crippen LogP contribution is -2.42. The number of likely N-dealkylation sites (tertiary alicyclic amines) is 1. The zero-order valence-electron chi connectivity index (χ0n) is 16.7. The highest BCUT2D eigenvalue weighted by atomic mass is 32.1. The number of aliphatic hydroxyl groups is 1. The predicted molar refractivity (Wildman–Crippen MR) is 114 cm³/mol. The number of amides is 1. The van der Waals surface area contributed by atoms with Crippen LogP contribution in [-0.4, -0.2) is 73.1 Å². The number of hydrogen-bond acceptors (Lipinski definition) is 7. The van der Waals surface area contributed by atoms with Gasteiger partial charge in [0.25, 0.3) is 11.7 Å². The van der Waals surface area contributed by atoms with E-state index < -0.39 is 17.7 Å². The van der Waals surface area contributed by atoms with Gasteiger partial charge in [0.15, 0.2) is 0 Å². The molecular formula is C22H24N2O5S. The molecule has 1 aromatic heterocycles. The van der Waals surface area contributed by atoms with Crippen molar-refractivity contribution in [2.24, 2.45) is 0 Å². The second-order valence-electron chi connectivity index (χ2n) is 7.19. The molecule has 0 radical (unpaired) electrons. The van der Waals surface area contributed by atoms with Gasteiger partial charge >= 0.3 is 0 Å². The summed E-state index contributed by atoms with van der Waals surface area (Å²) >= 11 is 1.46. The maximum absolute atomic E-state index is 13.0. The van der Waals surface area contributed by atoms with E-state index in [0.29, 0.717) is 37.6 Å². The molecule has 1 amide bonds. The molecule has 3 heterocycles. The van der Waals surface area contributed by atoms with Crippen LogP contribution in [0.4, 0.5) is 0 Å². The summed E-state index contributed by atoms with van der Waals surface area (Å²) in [5, 5.41) is 12.9. The van der Waals surface area contributed by atoms with Gasteiger partial charge in [-0.1, -0.05) is 18.2 Å². The molecule has 1 atom stereocenters. The van der Waals surface area contributed by atoms with E-state index in [1.807, 2.05) is 17.5 Å². The number of benzene rings is 1. The molecule has 7 nitrogen and oxygen atoms in total. The maximum atomic E-state index is 13.0. The zero-order chi connectivity index (χ0) is 21.1. The number of carbonyl (C=O) groups excluding carboxylic acids is 2. The summed E-state index contributed by atoms with van der Waals surface area (Å²) in [6.45, 7) is 4.00. The summed E-state index contributed by atoms with van der Waals surface area (Å²) in [6.07, 6.45) is 0. The van der Waals surface area contributed by atoms with Crippen molar-refractivity contribution in [2.45, 2.75) is 6.04 Å². The van der Waals surface area contributed by atoms with E-state index in [2.05, 4.69) is 4.90 Å². The van der Waals surface area contributed by atoms with Crippen molar-refractivity contribution < 1.29 is 24.2 Å². The SMILES string of the molecule is COc1cccc(C(O)=C2C(=O)C(=O)N(CCN3CCOCC3)[C@@H]2c2cccs2)c1. The number of ether oxygens (including phenoxy) is 2. The monoisotopic (exact) mass is 428 g/mol. The molecule has 0 aliphatic carbocycles. The van der Waals surface area contributed by atoms with E-state index in [1.165, 1.54) is 18.4 Å². The number of carbonyl (C=O) groups is 2. The topological polar surface area (TPSA) is 79.3 Å². The molecule has 8 heteroatoms. The van der Waals surface area contributed by atoms with Crippen LogP contribution < -0.4 is 4.74 Å². The fraction of sp³-hybridized carbons (Fsp3) is 0.364. The largest absolute Gasteiger partial charge is 0.507 e. The van der Waals surface area contributed by atoms with Crippen LogP contribution in [0, 0.1) is 0 Å². The van der Waals surface area contributed by atoms with Crippen LogP contribution in [0.3, 0.4) is 0 Å². The third kappa shape index (κ3) is 3.98. The first kappa shape index (κ1) is 20.6. The molecule has 2 aromatic rings. The first-order chi connectivity index (χ1) is 14.6. The third-order valence-corrected chi connectivity index (χ3v) is 6.38. The Kier molecular flexibility index (Phi) is 6.17. The molecule has 30 heavy (non-hydrogen) atoms. The summed E-state index contributed by atoms with van der Waals surface area (Å²) in [6, 6.07) is 10.0. The van der Waals surface area contributed by atoms with Crippen LogP contribution in [0.5, 0.6) is 5.75 Å². The molecule has 2 aliphatic heterocycles. The highest BCUT2D eigenvalue weighted by Crippen LogP contribution is 2.41. The molecule has 0 spiro atoms. The number of hydrogen-bond donors (Lipinski definition) is 1. The molecule has 2 fully saturated rings. The van der Waals surface area contributed by atoms with Gasteiger partial charge < -0.3 is 19.5 Å². The number of aliphatic hydroxyl groups excluding tert-OH is 1. The van der Waals surface area contributed by atoms with Gasteiger partial charge in [0.05, 0.1) is 31.9 Å². The Morgan fingerprint density at radius 1 is 1.20 bits per heavy atom. The van der Waals surface area contributed by atoms with Gasteiger partial charge in [0, 0.05) is 36.6 Å². The molecule has 2 saturated heterocycles. The van der Waals surface area contributed by atoms with Crippen LogP contribution in [0.15, 0.2) is 47.4 Å². The van der Waals surface area contributed by atoms with Crippen molar-refractivity contribution in [3.63, 3.8) is 0 Å². The Hall–Kier alpha value is -2.68. The molecule has 1 N–H and O–H groups in total. The van der Waals surface area contributed by atoms with Crippen LogP contribution in [0.25, 0.3) is 5.76 Å². The van der Waals surface area contributed by atoms with Crippen molar-refractivity contribution in [2.75, 3.05) is 46.5 Å². The van der Waals surface area contributed by atoms with Gasteiger partial charge in [-0.2, -0.15) is 0 Å². The fourth-order valence-electron chi connectivity index (χ4n) is 3.85. The van der Waals surface area contributed by atoms with Crippen LogP contribution in [-0.2, 0) is 14.3 Å². The van der Waals surface area contributed by atoms with E-state index in [9.17, 15) is 14.7 Å². The summed E-state index contributed by atoms with van der Waals surface area (Å²) in [5.41, 5.74) is 0.569. The summed E-state index contributed by atoms with van der Waals surface area (Å²) in [4.78, 5) is 30.5. The highest BCUT2D eigenvalue weighted by molar-refractivity contribution is 7.10. The van der Waals surface area contributed by atoms with Gasteiger partial charge in [-0.25, -0.2) is 0 Å². The minimum absolute atomic E-state index is 0.123. The number of ketones is 1. The quantitative estimate of drug-likeness (QED) is 0.433. The lowest BCUT2D eigenvalue weighted by molar-refractivity contribution is -0.140. The van der Waals surface area contributed by atoms with Crippen molar-refractivity contribution >= 4 is 28.8 Å². The van der Waals surface area contributed by atoms with Gasteiger partial charge in [0.2, 0.25) is 0 Å². The van der Waals surface area contributed by atoms with Gasteiger partial charge in [-0.05, 0) is 23.6 Å². The number of methoxy groups -OCH3 is 1. The van der Waals surface area contributed by atoms with Crippen LogP contribution in [0.2, 0.25) is 0 Å². The summed E-state index contributed by atoms with van der Waals surface area (Å²) < 4.78 is 10.6. The van der Waals surface area contributed by atoms with Gasteiger partial charge in [0.1, 0.15) is 11.5 Å². The zero-order valence-corrected chi connectivity index (χ0v) is 17.6. The predicted octanol–water partition coefficient (Wildman–Crippen LogP) is 2.51. The standard InChI is InChI=1S/C22H24N2O5S/c1-28-16-5-2-4-15(14-16)20(25)18-19(17-6-3-13-30-17)24(22(27)21(18)26)8-7-23-9-11-29-12-10-23/h2-6,13-14,19,25H,7-12H2,1H3/t19-/m1/s1. The molecule has 1 aromatic carbocycles. The molecule has 2 aliphatic rings. The fourth-order valence-corrected chi connectivity index (χ4v) is 4.70. The Morgan fingerprint density at radius 3 is 2.70 bits per heavy atom. The van der Waals surface area contributed by atoms with Crippen molar-refractivity contribution in [3.05, 3.63) is 57.8 Å².